The Kier molecular flexibility index (Phi) is 5.06. The predicted molar refractivity (Wildman–Crippen MR) is 86.7 cm³/mol. The molecule has 2 N–H and O–H groups in total. The second kappa shape index (κ2) is 6.96. The van der Waals surface area contributed by atoms with Gasteiger partial charge in [-0.25, -0.2) is 0 Å². The van der Waals surface area contributed by atoms with Crippen LogP contribution in [0.25, 0.3) is 0 Å². The number of benzene rings is 1. The molecule has 0 radical (unpaired) electrons. The number of carbonyl (C=O) groups is 1. The number of hydrogen-bond acceptors (Lipinski definition) is 3. The van der Waals surface area contributed by atoms with E-state index in [0.717, 1.165) is 25.0 Å². The molecule has 2 aliphatic rings. The van der Waals surface area contributed by atoms with Crippen molar-refractivity contribution in [1.29, 1.82) is 0 Å². The van der Waals surface area contributed by atoms with E-state index in [9.17, 15) is 23.1 Å². The number of halogens is 3. The van der Waals surface area contributed by atoms with Gasteiger partial charge >= 0.3 is 6.18 Å². The molecule has 3 rings (SSSR count). The van der Waals surface area contributed by atoms with Crippen molar-refractivity contribution in [2.45, 2.75) is 37.5 Å². The van der Waals surface area contributed by atoms with Gasteiger partial charge < -0.3 is 10.4 Å². The third kappa shape index (κ3) is 4.33. The first-order valence-corrected chi connectivity index (χ1v) is 8.65. The van der Waals surface area contributed by atoms with Gasteiger partial charge in [0, 0.05) is 19.6 Å². The maximum atomic E-state index is 12.9. The lowest BCUT2D eigenvalue weighted by atomic mass is 9.85. The normalized spacial score (nSPS) is 25.0. The molecule has 1 heterocycles. The van der Waals surface area contributed by atoms with E-state index in [2.05, 4.69) is 5.32 Å². The zero-order valence-electron chi connectivity index (χ0n) is 14.0. The van der Waals surface area contributed by atoms with Gasteiger partial charge in [-0.05, 0) is 42.9 Å². The fourth-order valence-corrected chi connectivity index (χ4v) is 3.44. The molecule has 1 aliphatic heterocycles. The lowest BCUT2D eigenvalue weighted by Gasteiger charge is -2.26. The van der Waals surface area contributed by atoms with Gasteiger partial charge in [0.1, 0.15) is 5.60 Å². The minimum absolute atomic E-state index is 0.0970. The first-order valence-electron chi connectivity index (χ1n) is 8.65. The largest absolute Gasteiger partial charge is 0.416 e. The molecule has 1 saturated carbocycles. The van der Waals surface area contributed by atoms with Crippen molar-refractivity contribution in [2.24, 2.45) is 5.92 Å². The zero-order valence-corrected chi connectivity index (χ0v) is 14.0. The van der Waals surface area contributed by atoms with E-state index in [0.29, 0.717) is 25.4 Å². The average Bonchev–Trinajstić information content (AvgIpc) is 2.87. The lowest BCUT2D eigenvalue weighted by molar-refractivity contribution is -0.137. The van der Waals surface area contributed by atoms with E-state index >= 15 is 0 Å². The summed E-state index contributed by atoms with van der Waals surface area (Å²) in [5, 5.41) is 13.7. The van der Waals surface area contributed by atoms with Crippen LogP contribution in [0.15, 0.2) is 24.3 Å². The molecule has 1 aromatic rings. The van der Waals surface area contributed by atoms with E-state index in [1.807, 2.05) is 0 Å². The number of β-amino-alcohol motifs (C(OH)–C–C–N with tert-alkyl or cyclic N) is 1. The van der Waals surface area contributed by atoms with E-state index in [4.69, 9.17) is 0 Å². The highest BCUT2D eigenvalue weighted by Gasteiger charge is 2.40. The molecule has 1 aromatic carbocycles. The second-order valence-electron chi connectivity index (χ2n) is 7.17. The van der Waals surface area contributed by atoms with Crippen molar-refractivity contribution < 1.29 is 23.1 Å². The molecule has 0 spiro atoms. The number of likely N-dealkylation sites (tertiary alicyclic amines) is 1. The zero-order chi connectivity index (χ0) is 18.1. The Bertz CT molecular complexity index is 631. The molecule has 138 valence electrons. The number of hydrogen-bond donors (Lipinski definition) is 2. The molecule has 1 amide bonds. The van der Waals surface area contributed by atoms with Crippen LogP contribution in [0, 0.1) is 5.92 Å². The Hall–Kier alpha value is -1.60. The molecule has 0 bridgehead atoms. The maximum Gasteiger partial charge on any atom is 0.416 e. The molecular weight excluding hydrogens is 333 g/mol. The molecule has 4 nitrogen and oxygen atoms in total. The van der Waals surface area contributed by atoms with Gasteiger partial charge in [0.05, 0.1) is 12.1 Å². The van der Waals surface area contributed by atoms with Crippen molar-refractivity contribution in [3.05, 3.63) is 35.4 Å². The summed E-state index contributed by atoms with van der Waals surface area (Å²) in [6.07, 6.45) is -0.606. The summed E-state index contributed by atoms with van der Waals surface area (Å²) < 4.78 is 38.6. The summed E-state index contributed by atoms with van der Waals surface area (Å²) in [7, 11) is 0. The Balaban J connectivity index is 1.58. The number of alkyl halides is 3. The Morgan fingerprint density at radius 1 is 1.36 bits per heavy atom. The molecule has 0 aromatic heterocycles. The quantitative estimate of drug-likeness (QED) is 0.852. The Morgan fingerprint density at radius 3 is 2.76 bits per heavy atom. The predicted octanol–water partition coefficient (Wildman–Crippen LogP) is 2.52. The van der Waals surface area contributed by atoms with Crippen LogP contribution in [0.1, 0.15) is 36.8 Å². The number of nitrogens with one attached hydrogen (secondary N) is 1. The molecule has 2 fully saturated rings. The minimum atomic E-state index is -4.44. The van der Waals surface area contributed by atoms with Crippen LogP contribution in [0.3, 0.4) is 0 Å². The third-order valence-electron chi connectivity index (χ3n) is 5.23. The first-order chi connectivity index (χ1) is 11.8. The highest BCUT2D eigenvalue weighted by Crippen LogP contribution is 2.36. The molecule has 1 saturated heterocycles. The van der Waals surface area contributed by atoms with Crippen LogP contribution in [0.5, 0.6) is 0 Å². The van der Waals surface area contributed by atoms with Gasteiger partial charge in [-0.3, -0.25) is 9.69 Å². The summed E-state index contributed by atoms with van der Waals surface area (Å²) in [4.78, 5) is 13.8. The van der Waals surface area contributed by atoms with Gasteiger partial charge in [0.25, 0.3) is 0 Å². The third-order valence-corrected chi connectivity index (χ3v) is 5.23. The summed E-state index contributed by atoms with van der Waals surface area (Å²) in [6, 6.07) is 4.81. The van der Waals surface area contributed by atoms with Crippen LogP contribution in [-0.2, 0) is 16.6 Å². The topological polar surface area (TPSA) is 52.6 Å². The van der Waals surface area contributed by atoms with Crippen LogP contribution in [0.4, 0.5) is 13.2 Å². The highest BCUT2D eigenvalue weighted by molar-refractivity contribution is 5.78. The fourth-order valence-electron chi connectivity index (χ4n) is 3.44. The highest BCUT2D eigenvalue weighted by atomic mass is 19.4. The lowest BCUT2D eigenvalue weighted by Crippen LogP contribution is -2.40. The van der Waals surface area contributed by atoms with Gasteiger partial charge in [0.15, 0.2) is 0 Å². The number of amides is 1. The van der Waals surface area contributed by atoms with Crippen molar-refractivity contribution in [1.82, 2.24) is 10.2 Å². The standard InChI is InChI=1S/C18H23F3N2O2/c19-18(20,21)15-6-2-5-14(9-15)17(25)7-8-23(12-17)11-16(24)22-10-13-3-1-4-13/h2,5-6,9,13,25H,1,3-4,7-8,10-12H2,(H,22,24). The summed E-state index contributed by atoms with van der Waals surface area (Å²) in [6.45, 7) is 1.48. The van der Waals surface area contributed by atoms with Crippen LogP contribution in [0.2, 0.25) is 0 Å². The van der Waals surface area contributed by atoms with Gasteiger partial charge in [-0.15, -0.1) is 0 Å². The average molecular weight is 356 g/mol. The van der Waals surface area contributed by atoms with Crippen LogP contribution >= 0.6 is 0 Å². The van der Waals surface area contributed by atoms with Crippen molar-refractivity contribution in [3.8, 4) is 0 Å². The van der Waals surface area contributed by atoms with Gasteiger partial charge in [-0.1, -0.05) is 18.6 Å². The van der Waals surface area contributed by atoms with Gasteiger partial charge in [0.2, 0.25) is 5.91 Å². The van der Waals surface area contributed by atoms with Crippen molar-refractivity contribution >= 4 is 5.91 Å². The second-order valence-corrected chi connectivity index (χ2v) is 7.17. The number of nitrogens with zero attached hydrogens (tertiary/aromatic N) is 1. The number of rotatable bonds is 5. The minimum Gasteiger partial charge on any atom is -0.384 e. The van der Waals surface area contributed by atoms with Crippen molar-refractivity contribution in [2.75, 3.05) is 26.2 Å². The molecule has 1 atom stereocenters. The fraction of sp³-hybridized carbons (Fsp3) is 0.611. The molecular formula is C18H23F3N2O2. The Labute approximate surface area is 145 Å². The first kappa shape index (κ1) is 18.2. The maximum absolute atomic E-state index is 12.9. The van der Waals surface area contributed by atoms with E-state index in [-0.39, 0.29) is 24.6 Å². The van der Waals surface area contributed by atoms with Gasteiger partial charge in [-0.2, -0.15) is 13.2 Å². The molecule has 1 unspecified atom stereocenters. The molecule has 7 heteroatoms. The Morgan fingerprint density at radius 2 is 2.12 bits per heavy atom. The van der Waals surface area contributed by atoms with Crippen LogP contribution < -0.4 is 5.32 Å². The van der Waals surface area contributed by atoms with Crippen LogP contribution in [-0.4, -0.2) is 42.1 Å². The number of carbonyl (C=O) groups excluding carboxylic acids is 1. The monoisotopic (exact) mass is 356 g/mol. The molecule has 1 aliphatic carbocycles. The SMILES string of the molecule is O=C(CN1CCC(O)(c2cccc(C(F)(F)F)c2)C1)NCC1CCC1. The summed E-state index contributed by atoms with van der Waals surface area (Å²) in [5.41, 5.74) is -1.87. The van der Waals surface area contributed by atoms with E-state index in [1.54, 1.807) is 4.90 Å². The summed E-state index contributed by atoms with van der Waals surface area (Å²) >= 11 is 0. The number of aliphatic hydroxyl groups is 1. The van der Waals surface area contributed by atoms with E-state index < -0.39 is 17.3 Å². The summed E-state index contributed by atoms with van der Waals surface area (Å²) in [5.74, 6) is 0.477. The smallest absolute Gasteiger partial charge is 0.384 e. The van der Waals surface area contributed by atoms with Crippen molar-refractivity contribution in [3.63, 3.8) is 0 Å². The van der Waals surface area contributed by atoms with E-state index in [1.165, 1.54) is 18.6 Å². The molecule has 25 heavy (non-hydrogen) atoms.